The van der Waals surface area contributed by atoms with Crippen LogP contribution in [-0.2, 0) is 17.6 Å². The van der Waals surface area contributed by atoms with Crippen LogP contribution < -0.4 is 0 Å². The average Bonchev–Trinajstić information content (AvgIpc) is 2.86. The van der Waals surface area contributed by atoms with Crippen molar-refractivity contribution in [3.05, 3.63) is 34.0 Å². The van der Waals surface area contributed by atoms with Crippen molar-refractivity contribution in [3.63, 3.8) is 0 Å². The summed E-state index contributed by atoms with van der Waals surface area (Å²) in [5.41, 5.74) is 4.83. The molecule has 1 aromatic carbocycles. The minimum Gasteiger partial charge on any atom is -0.481 e. The van der Waals surface area contributed by atoms with Crippen LogP contribution in [0.25, 0.3) is 10.9 Å². The molecule has 24 heavy (non-hydrogen) atoms. The molecule has 0 aliphatic heterocycles. The molecular formula is C19H25NO4. The molecular weight excluding hydrogens is 306 g/mol. The lowest BCUT2D eigenvalue weighted by atomic mass is 9.94. The number of rotatable bonds is 8. The Morgan fingerprint density at radius 1 is 1.08 bits per heavy atom. The number of carbonyl (C=O) groups is 2. The second kappa shape index (κ2) is 7.51. The first kappa shape index (κ1) is 18.0. The minimum absolute atomic E-state index is 0.0763. The Bertz CT molecular complexity index is 774. The number of nitrogens with one attached hydrogen (secondary N) is 1. The second-order valence-corrected chi connectivity index (χ2v) is 6.33. The molecule has 0 saturated heterocycles. The number of aromatic nitrogens is 1. The van der Waals surface area contributed by atoms with Crippen molar-refractivity contribution in [1.82, 2.24) is 4.98 Å². The number of carboxylic acids is 2. The normalized spacial score (nSPS) is 11.1. The number of carboxylic acid groups (broad SMARTS) is 2. The number of aromatic carboxylic acids is 1. The Morgan fingerprint density at radius 2 is 1.79 bits per heavy atom. The number of benzene rings is 1. The van der Waals surface area contributed by atoms with Crippen LogP contribution in [-0.4, -0.2) is 27.1 Å². The smallest absolute Gasteiger partial charge is 0.336 e. The number of hydrogen-bond donors (Lipinski definition) is 3. The number of aliphatic carboxylic acids is 1. The van der Waals surface area contributed by atoms with Gasteiger partial charge in [0.25, 0.3) is 0 Å². The first-order valence-corrected chi connectivity index (χ1v) is 8.45. The van der Waals surface area contributed by atoms with Gasteiger partial charge in [0, 0.05) is 23.0 Å². The summed E-state index contributed by atoms with van der Waals surface area (Å²) in [5.74, 6) is -1.76. The molecule has 0 bridgehead atoms. The zero-order chi connectivity index (χ0) is 17.9. The fourth-order valence-electron chi connectivity index (χ4n) is 3.29. The predicted octanol–water partition coefficient (Wildman–Crippen LogP) is 4.23. The highest BCUT2D eigenvalue weighted by atomic mass is 16.4. The monoisotopic (exact) mass is 331 g/mol. The molecule has 0 amide bonds. The maximum atomic E-state index is 11.4. The van der Waals surface area contributed by atoms with Crippen molar-refractivity contribution in [2.24, 2.45) is 0 Å². The zero-order valence-corrected chi connectivity index (χ0v) is 14.5. The lowest BCUT2D eigenvalue weighted by molar-refractivity contribution is -0.136. The summed E-state index contributed by atoms with van der Waals surface area (Å²) in [4.78, 5) is 25.8. The molecule has 0 unspecified atom stereocenters. The first-order valence-electron chi connectivity index (χ1n) is 8.45. The van der Waals surface area contributed by atoms with Gasteiger partial charge in [0.1, 0.15) is 0 Å². The highest BCUT2D eigenvalue weighted by Crippen LogP contribution is 2.32. The van der Waals surface area contributed by atoms with Crippen LogP contribution >= 0.6 is 0 Å². The molecule has 2 aromatic rings. The fraction of sp³-hybridized carbons (Fsp3) is 0.474. The van der Waals surface area contributed by atoms with Gasteiger partial charge in [-0.3, -0.25) is 4.79 Å². The summed E-state index contributed by atoms with van der Waals surface area (Å²) in [5, 5.41) is 19.4. The van der Waals surface area contributed by atoms with Crippen LogP contribution in [0.15, 0.2) is 6.07 Å². The Kier molecular flexibility index (Phi) is 5.65. The summed E-state index contributed by atoms with van der Waals surface area (Å²) < 4.78 is 0. The lowest BCUT2D eigenvalue weighted by Crippen LogP contribution is -2.03. The zero-order valence-electron chi connectivity index (χ0n) is 14.5. The summed E-state index contributed by atoms with van der Waals surface area (Å²) in [6, 6.07) is 1.67. The number of hydrogen-bond acceptors (Lipinski definition) is 2. The Hall–Kier alpha value is -2.30. The minimum atomic E-state index is -0.938. The third kappa shape index (κ3) is 3.61. The van der Waals surface area contributed by atoms with Gasteiger partial charge >= 0.3 is 11.9 Å². The molecule has 3 N–H and O–H groups in total. The van der Waals surface area contributed by atoms with Crippen LogP contribution in [0.4, 0.5) is 0 Å². The van der Waals surface area contributed by atoms with Crippen LogP contribution in [0.3, 0.4) is 0 Å². The van der Waals surface area contributed by atoms with Gasteiger partial charge in [-0.05, 0) is 55.9 Å². The number of fused-ring (bicyclic) bond motifs is 1. The highest BCUT2D eigenvalue weighted by Gasteiger charge is 2.19. The van der Waals surface area contributed by atoms with E-state index >= 15 is 0 Å². The molecule has 0 aliphatic rings. The van der Waals surface area contributed by atoms with Crippen molar-refractivity contribution in [3.8, 4) is 0 Å². The van der Waals surface area contributed by atoms with Crippen molar-refractivity contribution in [1.29, 1.82) is 0 Å². The van der Waals surface area contributed by atoms with Gasteiger partial charge < -0.3 is 15.2 Å². The van der Waals surface area contributed by atoms with Gasteiger partial charge in [0.2, 0.25) is 0 Å². The SMILES string of the molecule is CCCCCc1[nH]c2cc(C(=O)O)c(C)c(C)c2c1CCC(=O)O. The molecule has 130 valence electrons. The molecule has 0 saturated carbocycles. The van der Waals surface area contributed by atoms with Crippen molar-refractivity contribution < 1.29 is 19.8 Å². The van der Waals surface area contributed by atoms with E-state index in [9.17, 15) is 14.7 Å². The number of H-pyrrole nitrogens is 1. The van der Waals surface area contributed by atoms with Crippen LogP contribution in [0.5, 0.6) is 0 Å². The lowest BCUT2D eigenvalue weighted by Gasteiger charge is -2.09. The van der Waals surface area contributed by atoms with Crippen molar-refractivity contribution in [2.45, 2.75) is 59.3 Å². The first-order chi connectivity index (χ1) is 11.4. The largest absolute Gasteiger partial charge is 0.481 e. The molecule has 5 nitrogen and oxygen atoms in total. The molecule has 0 atom stereocenters. The van der Waals surface area contributed by atoms with E-state index in [2.05, 4.69) is 11.9 Å². The standard InChI is InChI=1S/C19H25NO4/c1-4-5-6-7-15-13(8-9-17(21)22)18-12(3)11(2)14(19(23)24)10-16(18)20-15/h10,20H,4-9H2,1-3H3,(H,21,22)(H,23,24). The maximum absolute atomic E-state index is 11.4. The van der Waals surface area contributed by atoms with E-state index in [0.717, 1.165) is 59.0 Å². The molecule has 0 fully saturated rings. The maximum Gasteiger partial charge on any atom is 0.336 e. The average molecular weight is 331 g/mol. The Morgan fingerprint density at radius 3 is 2.38 bits per heavy atom. The third-order valence-electron chi connectivity index (χ3n) is 4.70. The highest BCUT2D eigenvalue weighted by molar-refractivity contribution is 5.98. The van der Waals surface area contributed by atoms with Crippen LogP contribution in [0, 0.1) is 13.8 Å². The van der Waals surface area contributed by atoms with Gasteiger partial charge in [-0.25, -0.2) is 4.79 Å². The van der Waals surface area contributed by atoms with Gasteiger partial charge in [-0.15, -0.1) is 0 Å². The third-order valence-corrected chi connectivity index (χ3v) is 4.70. The summed E-state index contributed by atoms with van der Waals surface area (Å²) >= 11 is 0. The van der Waals surface area contributed by atoms with Gasteiger partial charge in [-0.2, -0.15) is 0 Å². The number of aromatic amines is 1. The fourth-order valence-corrected chi connectivity index (χ4v) is 3.29. The molecule has 1 aromatic heterocycles. The van der Waals surface area contributed by atoms with Crippen LogP contribution in [0.1, 0.15) is 65.3 Å². The van der Waals surface area contributed by atoms with E-state index in [4.69, 9.17) is 5.11 Å². The topological polar surface area (TPSA) is 90.4 Å². The molecule has 2 rings (SSSR count). The molecule has 0 radical (unpaired) electrons. The summed E-state index contributed by atoms with van der Waals surface area (Å²) in [6.07, 6.45) is 4.67. The molecule has 0 aliphatic carbocycles. The molecule has 1 heterocycles. The van der Waals surface area contributed by atoms with E-state index in [1.807, 2.05) is 13.8 Å². The molecule has 0 spiro atoms. The van der Waals surface area contributed by atoms with E-state index in [1.165, 1.54) is 0 Å². The van der Waals surface area contributed by atoms with E-state index in [-0.39, 0.29) is 6.42 Å². The predicted molar refractivity (Wildman–Crippen MR) is 93.9 cm³/mol. The van der Waals surface area contributed by atoms with Gasteiger partial charge in [0.15, 0.2) is 0 Å². The van der Waals surface area contributed by atoms with Crippen molar-refractivity contribution >= 4 is 22.8 Å². The van der Waals surface area contributed by atoms with Crippen LogP contribution in [0.2, 0.25) is 0 Å². The summed E-state index contributed by atoms with van der Waals surface area (Å²) in [7, 11) is 0. The Balaban J connectivity index is 2.57. The van der Waals surface area contributed by atoms with E-state index in [0.29, 0.717) is 12.0 Å². The quantitative estimate of drug-likeness (QED) is 0.631. The summed E-state index contributed by atoms with van der Waals surface area (Å²) in [6.45, 7) is 5.87. The van der Waals surface area contributed by atoms with E-state index < -0.39 is 11.9 Å². The number of aryl methyl sites for hydroxylation is 3. The Labute approximate surface area is 141 Å². The van der Waals surface area contributed by atoms with Gasteiger partial charge in [-0.1, -0.05) is 19.8 Å². The second-order valence-electron chi connectivity index (χ2n) is 6.33. The molecule has 5 heteroatoms. The van der Waals surface area contributed by atoms with E-state index in [1.54, 1.807) is 6.07 Å². The van der Waals surface area contributed by atoms with Gasteiger partial charge in [0.05, 0.1) is 5.56 Å². The van der Waals surface area contributed by atoms with Crippen molar-refractivity contribution in [2.75, 3.05) is 0 Å². The number of unbranched alkanes of at least 4 members (excludes halogenated alkanes) is 2.